The zero-order valence-corrected chi connectivity index (χ0v) is 15.8. The van der Waals surface area contributed by atoms with Gasteiger partial charge in [-0.2, -0.15) is 0 Å². The van der Waals surface area contributed by atoms with E-state index in [9.17, 15) is 0 Å². The van der Waals surface area contributed by atoms with Gasteiger partial charge in [-0.3, -0.25) is 9.88 Å². The number of aromatic nitrogens is 1. The average molecular weight is 346 g/mol. The number of hydrogen-bond donors (Lipinski definition) is 0. The molecule has 26 heavy (non-hydrogen) atoms. The van der Waals surface area contributed by atoms with E-state index >= 15 is 0 Å². The summed E-state index contributed by atoms with van der Waals surface area (Å²) in [6, 6.07) is 20.8. The molecule has 0 saturated heterocycles. The first-order chi connectivity index (χ1) is 12.6. The van der Waals surface area contributed by atoms with Crippen LogP contribution in [-0.4, -0.2) is 16.9 Å². The first-order valence-electron chi connectivity index (χ1n) is 8.96. The summed E-state index contributed by atoms with van der Waals surface area (Å²) in [5.74, 6) is 0.872. The van der Waals surface area contributed by atoms with Gasteiger partial charge in [0.1, 0.15) is 12.4 Å². The SMILES string of the molecule is Cc1ccc(CN(C)Cc2ccc(OCc3ccccn3)cc2)c(C)c1. The summed E-state index contributed by atoms with van der Waals surface area (Å²) in [5.41, 5.74) is 6.27. The van der Waals surface area contributed by atoms with Gasteiger partial charge in [-0.25, -0.2) is 0 Å². The zero-order valence-electron chi connectivity index (χ0n) is 15.8. The highest BCUT2D eigenvalue weighted by Gasteiger charge is 2.05. The van der Waals surface area contributed by atoms with Gasteiger partial charge < -0.3 is 4.74 Å². The fraction of sp³-hybridized carbons (Fsp3) is 0.261. The molecule has 0 spiro atoms. The minimum Gasteiger partial charge on any atom is -0.487 e. The van der Waals surface area contributed by atoms with Crippen LogP contribution in [0.25, 0.3) is 0 Å². The molecule has 1 heterocycles. The number of rotatable bonds is 7. The van der Waals surface area contributed by atoms with Gasteiger partial charge in [0.15, 0.2) is 0 Å². The Bertz CT molecular complexity index is 829. The molecule has 0 amide bonds. The van der Waals surface area contributed by atoms with Crippen molar-refractivity contribution in [2.45, 2.75) is 33.5 Å². The van der Waals surface area contributed by atoms with Gasteiger partial charge in [-0.1, -0.05) is 42.0 Å². The van der Waals surface area contributed by atoms with Crippen LogP contribution in [0, 0.1) is 13.8 Å². The van der Waals surface area contributed by atoms with E-state index in [-0.39, 0.29) is 0 Å². The molecule has 0 aliphatic carbocycles. The number of hydrogen-bond acceptors (Lipinski definition) is 3. The van der Waals surface area contributed by atoms with Crippen LogP contribution in [-0.2, 0) is 19.7 Å². The standard InChI is InChI=1S/C23H26N2O/c1-18-7-10-21(19(2)14-18)16-25(3)15-20-8-11-23(12-9-20)26-17-22-6-4-5-13-24-22/h4-14H,15-17H2,1-3H3. The molecule has 3 aromatic rings. The Labute approximate surface area is 156 Å². The average Bonchev–Trinajstić information content (AvgIpc) is 2.64. The highest BCUT2D eigenvalue weighted by atomic mass is 16.5. The summed E-state index contributed by atoms with van der Waals surface area (Å²) in [6.45, 7) is 6.67. The third-order valence-corrected chi connectivity index (χ3v) is 4.43. The summed E-state index contributed by atoms with van der Waals surface area (Å²) in [5, 5.41) is 0. The molecule has 0 aliphatic heterocycles. The smallest absolute Gasteiger partial charge is 0.130 e. The van der Waals surface area contributed by atoms with Crippen LogP contribution in [0.4, 0.5) is 0 Å². The van der Waals surface area contributed by atoms with Crippen LogP contribution in [0.15, 0.2) is 66.9 Å². The van der Waals surface area contributed by atoms with E-state index in [4.69, 9.17) is 4.74 Å². The molecule has 0 N–H and O–H groups in total. The quantitative estimate of drug-likeness (QED) is 0.608. The molecule has 0 unspecified atom stereocenters. The topological polar surface area (TPSA) is 25.4 Å². The molecular weight excluding hydrogens is 320 g/mol. The van der Waals surface area contributed by atoms with Crippen molar-refractivity contribution in [3.8, 4) is 5.75 Å². The molecule has 134 valence electrons. The molecule has 0 bridgehead atoms. The molecule has 3 rings (SSSR count). The third kappa shape index (κ3) is 5.17. The van der Waals surface area contributed by atoms with Crippen molar-refractivity contribution in [1.82, 2.24) is 9.88 Å². The Morgan fingerprint density at radius 2 is 1.73 bits per heavy atom. The van der Waals surface area contributed by atoms with Crippen LogP contribution in [0.3, 0.4) is 0 Å². The second-order valence-corrected chi connectivity index (χ2v) is 6.86. The van der Waals surface area contributed by atoms with Gasteiger partial charge in [0.25, 0.3) is 0 Å². The van der Waals surface area contributed by atoms with Gasteiger partial charge in [-0.15, -0.1) is 0 Å². The van der Waals surface area contributed by atoms with Crippen molar-refractivity contribution in [3.05, 3.63) is 94.8 Å². The summed E-state index contributed by atoms with van der Waals surface area (Å²) in [6.07, 6.45) is 1.79. The van der Waals surface area contributed by atoms with Crippen molar-refractivity contribution in [2.24, 2.45) is 0 Å². The lowest BCUT2D eigenvalue weighted by molar-refractivity contribution is 0.300. The van der Waals surface area contributed by atoms with E-state index in [2.05, 4.69) is 61.1 Å². The molecule has 1 aromatic heterocycles. The lowest BCUT2D eigenvalue weighted by Crippen LogP contribution is -2.17. The monoisotopic (exact) mass is 346 g/mol. The molecule has 0 atom stereocenters. The zero-order chi connectivity index (χ0) is 18.4. The van der Waals surface area contributed by atoms with E-state index in [0.717, 1.165) is 24.5 Å². The molecule has 0 saturated carbocycles. The van der Waals surface area contributed by atoms with Crippen molar-refractivity contribution in [1.29, 1.82) is 0 Å². The highest BCUT2D eigenvalue weighted by molar-refractivity contribution is 5.31. The van der Waals surface area contributed by atoms with Crippen molar-refractivity contribution in [2.75, 3.05) is 7.05 Å². The van der Waals surface area contributed by atoms with Crippen molar-refractivity contribution >= 4 is 0 Å². The number of pyridine rings is 1. The van der Waals surface area contributed by atoms with Crippen molar-refractivity contribution < 1.29 is 4.74 Å². The predicted octanol–water partition coefficient (Wildman–Crippen LogP) is 4.91. The van der Waals surface area contributed by atoms with Crippen LogP contribution < -0.4 is 4.74 Å². The first kappa shape index (κ1) is 18.2. The third-order valence-electron chi connectivity index (χ3n) is 4.43. The Kier molecular flexibility index (Phi) is 6.03. The van der Waals surface area contributed by atoms with Gasteiger partial charge in [-0.05, 0) is 61.9 Å². The molecule has 0 radical (unpaired) electrons. The minimum atomic E-state index is 0.493. The lowest BCUT2D eigenvalue weighted by atomic mass is 10.1. The number of nitrogens with zero attached hydrogens (tertiary/aromatic N) is 2. The maximum Gasteiger partial charge on any atom is 0.130 e. The van der Waals surface area contributed by atoms with E-state index in [1.165, 1.54) is 22.3 Å². The summed E-state index contributed by atoms with van der Waals surface area (Å²) < 4.78 is 5.80. The van der Waals surface area contributed by atoms with E-state index < -0.39 is 0 Å². The Morgan fingerprint density at radius 1 is 0.923 bits per heavy atom. The molecule has 3 heteroatoms. The largest absolute Gasteiger partial charge is 0.487 e. The van der Waals surface area contributed by atoms with Crippen LogP contribution in [0.1, 0.15) is 27.9 Å². The fourth-order valence-electron chi connectivity index (χ4n) is 3.01. The van der Waals surface area contributed by atoms with Gasteiger partial charge in [0.05, 0.1) is 5.69 Å². The number of aryl methyl sites for hydroxylation is 2. The van der Waals surface area contributed by atoms with Gasteiger partial charge in [0.2, 0.25) is 0 Å². The number of ether oxygens (including phenoxy) is 1. The summed E-state index contributed by atoms with van der Waals surface area (Å²) in [7, 11) is 2.16. The van der Waals surface area contributed by atoms with Crippen LogP contribution in [0.2, 0.25) is 0 Å². The van der Waals surface area contributed by atoms with E-state index in [1.807, 2.05) is 30.3 Å². The fourth-order valence-corrected chi connectivity index (χ4v) is 3.01. The summed E-state index contributed by atoms with van der Waals surface area (Å²) >= 11 is 0. The molecule has 0 aliphatic rings. The second-order valence-electron chi connectivity index (χ2n) is 6.86. The highest BCUT2D eigenvalue weighted by Crippen LogP contribution is 2.17. The molecule has 2 aromatic carbocycles. The van der Waals surface area contributed by atoms with Crippen LogP contribution in [0.5, 0.6) is 5.75 Å². The molecule has 3 nitrogen and oxygen atoms in total. The Balaban J connectivity index is 1.53. The van der Waals surface area contributed by atoms with Crippen LogP contribution >= 0.6 is 0 Å². The second kappa shape index (κ2) is 8.63. The van der Waals surface area contributed by atoms with Crippen molar-refractivity contribution in [3.63, 3.8) is 0 Å². The molecular formula is C23H26N2O. The lowest BCUT2D eigenvalue weighted by Gasteiger charge is -2.18. The van der Waals surface area contributed by atoms with Gasteiger partial charge in [0, 0.05) is 19.3 Å². The predicted molar refractivity (Wildman–Crippen MR) is 106 cm³/mol. The minimum absolute atomic E-state index is 0.493. The molecule has 0 fully saturated rings. The van der Waals surface area contributed by atoms with E-state index in [1.54, 1.807) is 6.20 Å². The Morgan fingerprint density at radius 3 is 2.42 bits per heavy atom. The van der Waals surface area contributed by atoms with Gasteiger partial charge >= 0.3 is 0 Å². The summed E-state index contributed by atoms with van der Waals surface area (Å²) in [4.78, 5) is 6.61. The van der Waals surface area contributed by atoms with E-state index in [0.29, 0.717) is 6.61 Å². The normalized spacial score (nSPS) is 10.9. The first-order valence-corrected chi connectivity index (χ1v) is 8.96. The maximum absolute atomic E-state index is 5.80. The maximum atomic E-state index is 5.80. The Hall–Kier alpha value is -2.65. The number of benzene rings is 2.